The first kappa shape index (κ1) is 23.4. The molecular weight excluding hydrogens is 378 g/mol. The Bertz CT molecular complexity index is 849. The average Bonchev–Trinajstić information content (AvgIpc) is 2.71. The first-order valence-electron chi connectivity index (χ1n) is 10.5. The number of amides is 2. The topological polar surface area (TPSA) is 71.9 Å². The fourth-order valence-corrected chi connectivity index (χ4v) is 3.27. The summed E-state index contributed by atoms with van der Waals surface area (Å²) in [5, 5.41) is 5.88. The highest BCUT2D eigenvalue weighted by atomic mass is 16.5. The van der Waals surface area contributed by atoms with Crippen LogP contribution in [0.4, 0.5) is 0 Å². The van der Waals surface area contributed by atoms with Crippen molar-refractivity contribution in [3.63, 3.8) is 0 Å². The molecule has 0 spiro atoms. The van der Waals surface area contributed by atoms with E-state index in [4.69, 9.17) is 4.74 Å². The zero-order valence-electron chi connectivity index (χ0n) is 18.6. The lowest BCUT2D eigenvalue weighted by atomic mass is 10.0. The van der Waals surface area contributed by atoms with E-state index in [-0.39, 0.29) is 17.7 Å². The van der Waals surface area contributed by atoms with E-state index in [2.05, 4.69) is 30.8 Å². The summed E-state index contributed by atoms with van der Waals surface area (Å²) in [6.45, 7) is 7.48. The van der Waals surface area contributed by atoms with Gasteiger partial charge in [0, 0.05) is 12.1 Å². The van der Waals surface area contributed by atoms with Crippen molar-refractivity contribution in [2.24, 2.45) is 5.92 Å². The van der Waals surface area contributed by atoms with Gasteiger partial charge in [-0.05, 0) is 30.5 Å². The molecule has 0 saturated carbocycles. The molecule has 6 nitrogen and oxygen atoms in total. The van der Waals surface area contributed by atoms with Gasteiger partial charge < -0.3 is 20.3 Å². The Balaban J connectivity index is 2.08. The maximum atomic E-state index is 12.9. The van der Waals surface area contributed by atoms with Crippen molar-refractivity contribution in [2.45, 2.75) is 39.9 Å². The SMILES string of the molecule is CCOc1ccccc1C(=O)N[C@H](C(=O)NCc1ccccc1C[NH+](C)C)C(C)C. The Labute approximate surface area is 179 Å². The van der Waals surface area contributed by atoms with Gasteiger partial charge in [0.2, 0.25) is 5.91 Å². The molecule has 2 aromatic rings. The lowest BCUT2D eigenvalue weighted by Gasteiger charge is -2.23. The van der Waals surface area contributed by atoms with Crippen molar-refractivity contribution in [1.82, 2.24) is 10.6 Å². The molecule has 0 aromatic heterocycles. The molecule has 0 heterocycles. The maximum Gasteiger partial charge on any atom is 0.255 e. The molecule has 2 amide bonds. The summed E-state index contributed by atoms with van der Waals surface area (Å²) >= 11 is 0. The van der Waals surface area contributed by atoms with Crippen molar-refractivity contribution in [2.75, 3.05) is 20.7 Å². The van der Waals surface area contributed by atoms with Crippen LogP contribution in [0, 0.1) is 5.92 Å². The molecule has 0 aliphatic rings. The summed E-state index contributed by atoms with van der Waals surface area (Å²) in [5.41, 5.74) is 2.72. The number of hydrogen-bond donors (Lipinski definition) is 3. The Morgan fingerprint density at radius 2 is 1.63 bits per heavy atom. The van der Waals surface area contributed by atoms with Crippen LogP contribution >= 0.6 is 0 Å². The number of benzene rings is 2. The standard InChI is InChI=1S/C24H33N3O3/c1-6-30-21-14-10-9-13-20(21)23(28)26-22(17(2)3)24(29)25-15-18-11-7-8-12-19(18)16-27(4)5/h7-14,17,22H,6,15-16H2,1-5H3,(H,25,29)(H,26,28)/p+1/t22-/m0/s1. The summed E-state index contributed by atoms with van der Waals surface area (Å²) in [7, 11) is 4.19. The summed E-state index contributed by atoms with van der Waals surface area (Å²) in [4.78, 5) is 27.1. The lowest BCUT2D eigenvalue weighted by molar-refractivity contribution is -0.872. The monoisotopic (exact) mass is 412 g/mol. The minimum absolute atomic E-state index is 0.0605. The first-order valence-corrected chi connectivity index (χ1v) is 10.5. The summed E-state index contributed by atoms with van der Waals surface area (Å²) in [6, 6.07) is 14.5. The second kappa shape index (κ2) is 11.4. The summed E-state index contributed by atoms with van der Waals surface area (Å²) in [5.74, 6) is -0.0565. The zero-order chi connectivity index (χ0) is 22.1. The van der Waals surface area contributed by atoms with Crippen molar-refractivity contribution < 1.29 is 19.2 Å². The van der Waals surface area contributed by atoms with E-state index in [1.807, 2.05) is 45.0 Å². The quantitative estimate of drug-likeness (QED) is 0.557. The number of quaternary nitrogens is 1. The maximum absolute atomic E-state index is 12.9. The summed E-state index contributed by atoms with van der Waals surface area (Å²) in [6.07, 6.45) is 0. The van der Waals surface area contributed by atoms with E-state index in [9.17, 15) is 9.59 Å². The molecule has 3 N–H and O–H groups in total. The van der Waals surface area contributed by atoms with Crippen LogP contribution in [-0.4, -0.2) is 38.6 Å². The highest BCUT2D eigenvalue weighted by Crippen LogP contribution is 2.18. The second-order valence-corrected chi connectivity index (χ2v) is 7.99. The van der Waals surface area contributed by atoms with Gasteiger partial charge in [-0.25, -0.2) is 0 Å². The Hall–Kier alpha value is -2.86. The third-order valence-electron chi connectivity index (χ3n) is 4.78. The van der Waals surface area contributed by atoms with Gasteiger partial charge in [-0.3, -0.25) is 9.59 Å². The van der Waals surface area contributed by atoms with Crippen LogP contribution < -0.4 is 20.3 Å². The van der Waals surface area contributed by atoms with Gasteiger partial charge in [0.1, 0.15) is 18.3 Å². The average molecular weight is 413 g/mol. The van der Waals surface area contributed by atoms with Crippen molar-refractivity contribution in [1.29, 1.82) is 0 Å². The van der Waals surface area contributed by atoms with Crippen LogP contribution in [-0.2, 0) is 17.9 Å². The number of hydrogen-bond acceptors (Lipinski definition) is 3. The fraction of sp³-hybridized carbons (Fsp3) is 0.417. The Morgan fingerprint density at radius 3 is 2.27 bits per heavy atom. The molecule has 0 aliphatic carbocycles. The molecule has 1 atom stereocenters. The molecule has 162 valence electrons. The minimum atomic E-state index is -0.640. The predicted octanol–water partition coefficient (Wildman–Crippen LogP) is 1.80. The van der Waals surface area contributed by atoms with E-state index in [1.54, 1.807) is 18.2 Å². The van der Waals surface area contributed by atoms with E-state index >= 15 is 0 Å². The van der Waals surface area contributed by atoms with Crippen LogP contribution in [0.1, 0.15) is 42.3 Å². The van der Waals surface area contributed by atoms with Crippen molar-refractivity contribution in [3.05, 3.63) is 65.2 Å². The van der Waals surface area contributed by atoms with Gasteiger partial charge in [0.05, 0.1) is 26.3 Å². The first-order chi connectivity index (χ1) is 14.3. The third-order valence-corrected chi connectivity index (χ3v) is 4.78. The molecule has 0 radical (unpaired) electrons. The van der Waals surface area contributed by atoms with Gasteiger partial charge in [0.15, 0.2) is 0 Å². The van der Waals surface area contributed by atoms with Crippen molar-refractivity contribution >= 4 is 11.8 Å². The molecule has 2 aromatic carbocycles. The number of ether oxygens (including phenoxy) is 1. The van der Waals surface area contributed by atoms with Gasteiger partial charge in [-0.15, -0.1) is 0 Å². The molecule has 6 heteroatoms. The number of rotatable bonds is 10. The van der Waals surface area contributed by atoms with Crippen LogP contribution in [0.25, 0.3) is 0 Å². The van der Waals surface area contributed by atoms with Gasteiger partial charge in [-0.2, -0.15) is 0 Å². The highest BCUT2D eigenvalue weighted by molar-refractivity contribution is 5.99. The number of para-hydroxylation sites is 1. The van der Waals surface area contributed by atoms with E-state index in [0.29, 0.717) is 24.5 Å². The minimum Gasteiger partial charge on any atom is -0.493 e. The fourth-order valence-electron chi connectivity index (χ4n) is 3.27. The van der Waals surface area contributed by atoms with E-state index in [1.165, 1.54) is 10.5 Å². The summed E-state index contributed by atoms with van der Waals surface area (Å²) < 4.78 is 5.55. The highest BCUT2D eigenvalue weighted by Gasteiger charge is 2.25. The smallest absolute Gasteiger partial charge is 0.255 e. The van der Waals surface area contributed by atoms with Gasteiger partial charge in [0.25, 0.3) is 5.91 Å². The predicted molar refractivity (Wildman–Crippen MR) is 119 cm³/mol. The molecule has 0 bridgehead atoms. The number of nitrogens with one attached hydrogen (secondary N) is 3. The molecule has 30 heavy (non-hydrogen) atoms. The second-order valence-electron chi connectivity index (χ2n) is 7.99. The molecule has 0 aliphatic heterocycles. The normalized spacial score (nSPS) is 12.0. The molecule has 0 fully saturated rings. The van der Waals surface area contributed by atoms with Crippen molar-refractivity contribution in [3.8, 4) is 5.75 Å². The number of carbonyl (C=O) groups is 2. The number of carbonyl (C=O) groups excluding carboxylic acids is 2. The van der Waals surface area contributed by atoms with Gasteiger partial charge >= 0.3 is 0 Å². The zero-order valence-corrected chi connectivity index (χ0v) is 18.6. The van der Waals surface area contributed by atoms with E-state index in [0.717, 1.165) is 12.1 Å². The molecular formula is C24H34N3O3+. The molecule has 2 rings (SSSR count). The van der Waals surface area contributed by atoms with Crippen LogP contribution in [0.15, 0.2) is 48.5 Å². The molecule has 0 saturated heterocycles. The Morgan fingerprint density at radius 1 is 1.00 bits per heavy atom. The third kappa shape index (κ3) is 6.59. The largest absolute Gasteiger partial charge is 0.493 e. The lowest BCUT2D eigenvalue weighted by Crippen LogP contribution is -3.04. The molecule has 0 unspecified atom stereocenters. The van der Waals surface area contributed by atoms with Crippen LogP contribution in [0.2, 0.25) is 0 Å². The van der Waals surface area contributed by atoms with Gasteiger partial charge in [-0.1, -0.05) is 50.2 Å². The Kier molecular flexibility index (Phi) is 8.87. The van der Waals surface area contributed by atoms with Crippen LogP contribution in [0.5, 0.6) is 5.75 Å². The van der Waals surface area contributed by atoms with E-state index < -0.39 is 6.04 Å². The van der Waals surface area contributed by atoms with Crippen LogP contribution in [0.3, 0.4) is 0 Å².